The number of hydrogen-bond donors (Lipinski definition) is 2. The smallest absolute Gasteiger partial charge is 0.222 e. The maximum absolute atomic E-state index is 11.6. The van der Waals surface area contributed by atoms with Gasteiger partial charge in [-0.1, -0.05) is 12.1 Å². The summed E-state index contributed by atoms with van der Waals surface area (Å²) >= 11 is 0. The van der Waals surface area contributed by atoms with Gasteiger partial charge in [-0.25, -0.2) is 0 Å². The van der Waals surface area contributed by atoms with Crippen molar-refractivity contribution in [3.63, 3.8) is 0 Å². The van der Waals surface area contributed by atoms with Gasteiger partial charge in [0.25, 0.3) is 0 Å². The van der Waals surface area contributed by atoms with Crippen LogP contribution in [0, 0.1) is 0 Å². The Balaban J connectivity index is 1.34. The predicted octanol–water partition coefficient (Wildman–Crippen LogP) is 0.471. The van der Waals surface area contributed by atoms with Crippen molar-refractivity contribution in [2.75, 3.05) is 59.1 Å². The molecule has 2 fully saturated rings. The highest BCUT2D eigenvalue weighted by molar-refractivity contribution is 5.78. The Morgan fingerprint density at radius 3 is 2.89 bits per heavy atom. The molecule has 1 aromatic rings. The monoisotopic (exact) mass is 377 g/mol. The van der Waals surface area contributed by atoms with E-state index in [-0.39, 0.29) is 12.5 Å². The quantitative estimate of drug-likeness (QED) is 0.578. The third-order valence-electron chi connectivity index (χ3n) is 4.97. The summed E-state index contributed by atoms with van der Waals surface area (Å²) in [4.78, 5) is 15.7. The SMILES string of the molecule is O=C1CCCN1CCNCc1cccc(OC[C@@H](O)CN2CCOCC2)c1. The standard InChI is InChI=1S/C20H31N3O4/c24-18(15-22-9-11-26-12-10-22)16-27-19-4-1-3-17(13-19)14-21-6-8-23-7-2-5-20(23)25/h1,3-4,13,18,21,24H,2,5-12,14-16H2/t18-/m0/s1. The molecule has 27 heavy (non-hydrogen) atoms. The van der Waals surface area contributed by atoms with Gasteiger partial charge in [0.05, 0.1) is 13.2 Å². The van der Waals surface area contributed by atoms with Gasteiger partial charge >= 0.3 is 0 Å². The molecule has 0 spiro atoms. The van der Waals surface area contributed by atoms with E-state index in [1.54, 1.807) is 0 Å². The van der Waals surface area contributed by atoms with E-state index in [9.17, 15) is 9.90 Å². The normalized spacial score (nSPS) is 19.4. The average Bonchev–Trinajstić information content (AvgIpc) is 3.10. The van der Waals surface area contributed by atoms with Gasteiger partial charge in [0, 0.05) is 52.2 Å². The number of aliphatic hydroxyl groups excluding tert-OH is 1. The van der Waals surface area contributed by atoms with Gasteiger partial charge in [0.15, 0.2) is 0 Å². The van der Waals surface area contributed by atoms with Crippen LogP contribution in [-0.2, 0) is 16.1 Å². The van der Waals surface area contributed by atoms with E-state index in [0.29, 0.717) is 13.0 Å². The second-order valence-corrected chi connectivity index (χ2v) is 7.19. The van der Waals surface area contributed by atoms with Gasteiger partial charge in [-0.05, 0) is 24.1 Å². The predicted molar refractivity (Wildman–Crippen MR) is 103 cm³/mol. The molecule has 1 atom stereocenters. The molecule has 7 heteroatoms. The Morgan fingerprint density at radius 2 is 2.11 bits per heavy atom. The molecule has 0 aromatic heterocycles. The van der Waals surface area contributed by atoms with Crippen LogP contribution >= 0.6 is 0 Å². The largest absolute Gasteiger partial charge is 0.491 e. The molecule has 2 heterocycles. The Morgan fingerprint density at radius 1 is 1.26 bits per heavy atom. The minimum Gasteiger partial charge on any atom is -0.491 e. The van der Waals surface area contributed by atoms with Crippen LogP contribution < -0.4 is 10.1 Å². The van der Waals surface area contributed by atoms with Crippen molar-refractivity contribution in [1.82, 2.24) is 15.1 Å². The number of likely N-dealkylation sites (tertiary alicyclic amines) is 1. The highest BCUT2D eigenvalue weighted by Gasteiger charge is 2.19. The number of morpholine rings is 1. The van der Waals surface area contributed by atoms with Crippen LogP contribution in [0.25, 0.3) is 0 Å². The minimum atomic E-state index is -0.511. The lowest BCUT2D eigenvalue weighted by Crippen LogP contribution is -2.42. The summed E-state index contributed by atoms with van der Waals surface area (Å²) in [7, 11) is 0. The summed E-state index contributed by atoms with van der Waals surface area (Å²) in [6, 6.07) is 7.92. The molecular weight excluding hydrogens is 346 g/mol. The number of carbonyl (C=O) groups is 1. The van der Waals surface area contributed by atoms with E-state index in [1.165, 1.54) is 0 Å². The van der Waals surface area contributed by atoms with Crippen LogP contribution in [0.3, 0.4) is 0 Å². The van der Waals surface area contributed by atoms with Crippen molar-refractivity contribution in [1.29, 1.82) is 0 Å². The Bertz CT molecular complexity index is 592. The molecule has 0 aliphatic carbocycles. The molecule has 1 aromatic carbocycles. The maximum Gasteiger partial charge on any atom is 0.222 e. The number of amides is 1. The summed E-state index contributed by atoms with van der Waals surface area (Å²) in [5.41, 5.74) is 1.13. The summed E-state index contributed by atoms with van der Waals surface area (Å²) in [5, 5.41) is 13.6. The number of nitrogens with zero attached hydrogens (tertiary/aromatic N) is 2. The number of ether oxygens (including phenoxy) is 2. The van der Waals surface area contributed by atoms with Gasteiger partial charge in [-0.3, -0.25) is 9.69 Å². The highest BCUT2D eigenvalue weighted by Crippen LogP contribution is 2.14. The van der Waals surface area contributed by atoms with E-state index in [1.807, 2.05) is 29.2 Å². The van der Waals surface area contributed by atoms with E-state index in [0.717, 1.165) is 70.2 Å². The van der Waals surface area contributed by atoms with Crippen LogP contribution in [0.2, 0.25) is 0 Å². The number of benzene rings is 1. The third kappa shape index (κ3) is 6.77. The summed E-state index contributed by atoms with van der Waals surface area (Å²) < 4.78 is 11.1. The number of rotatable bonds is 10. The number of aliphatic hydroxyl groups is 1. The van der Waals surface area contributed by atoms with E-state index < -0.39 is 6.10 Å². The molecule has 0 saturated carbocycles. The number of β-amino-alcohol motifs (C(OH)–C–C–N with tert-alkyl or cyclic N) is 1. The molecule has 2 aliphatic heterocycles. The third-order valence-corrected chi connectivity index (χ3v) is 4.97. The van der Waals surface area contributed by atoms with Gasteiger partial charge in [0.1, 0.15) is 18.5 Å². The van der Waals surface area contributed by atoms with Crippen LogP contribution in [0.5, 0.6) is 5.75 Å². The topological polar surface area (TPSA) is 74.3 Å². The lowest BCUT2D eigenvalue weighted by molar-refractivity contribution is -0.127. The zero-order chi connectivity index (χ0) is 18.9. The maximum atomic E-state index is 11.6. The summed E-state index contributed by atoms with van der Waals surface area (Å²) in [6.07, 6.45) is 1.16. The molecule has 0 radical (unpaired) electrons. The van der Waals surface area contributed by atoms with Crippen molar-refractivity contribution in [2.45, 2.75) is 25.5 Å². The molecule has 2 saturated heterocycles. The van der Waals surface area contributed by atoms with Gasteiger partial charge in [-0.2, -0.15) is 0 Å². The van der Waals surface area contributed by atoms with E-state index in [4.69, 9.17) is 9.47 Å². The van der Waals surface area contributed by atoms with Gasteiger partial charge in [-0.15, -0.1) is 0 Å². The summed E-state index contributed by atoms with van der Waals surface area (Å²) in [5.74, 6) is 1.04. The Labute approximate surface area is 161 Å². The molecule has 2 aliphatic rings. The van der Waals surface area contributed by atoms with Crippen LogP contribution in [-0.4, -0.2) is 86.0 Å². The average molecular weight is 377 g/mol. The molecule has 1 amide bonds. The van der Waals surface area contributed by atoms with Crippen LogP contribution in [0.4, 0.5) is 0 Å². The highest BCUT2D eigenvalue weighted by atomic mass is 16.5. The molecular formula is C20H31N3O4. The fraction of sp³-hybridized carbons (Fsp3) is 0.650. The molecule has 7 nitrogen and oxygen atoms in total. The van der Waals surface area contributed by atoms with Crippen molar-refractivity contribution >= 4 is 5.91 Å². The zero-order valence-corrected chi connectivity index (χ0v) is 15.9. The first-order chi connectivity index (χ1) is 13.2. The van der Waals surface area contributed by atoms with Crippen molar-refractivity contribution in [2.24, 2.45) is 0 Å². The van der Waals surface area contributed by atoms with Gasteiger partial charge < -0.3 is 24.8 Å². The second-order valence-electron chi connectivity index (χ2n) is 7.19. The molecule has 0 bridgehead atoms. The van der Waals surface area contributed by atoms with Crippen molar-refractivity contribution < 1.29 is 19.4 Å². The summed E-state index contributed by atoms with van der Waals surface area (Å²) in [6.45, 7) is 7.25. The fourth-order valence-corrected chi connectivity index (χ4v) is 3.46. The lowest BCUT2D eigenvalue weighted by Gasteiger charge is -2.28. The van der Waals surface area contributed by atoms with Crippen LogP contribution in [0.1, 0.15) is 18.4 Å². The second kappa shape index (κ2) is 10.6. The Hall–Kier alpha value is -1.67. The molecule has 3 rings (SSSR count). The number of carbonyl (C=O) groups excluding carboxylic acids is 1. The van der Waals surface area contributed by atoms with Gasteiger partial charge in [0.2, 0.25) is 5.91 Å². The zero-order valence-electron chi connectivity index (χ0n) is 15.9. The number of hydrogen-bond acceptors (Lipinski definition) is 6. The molecule has 2 N–H and O–H groups in total. The first kappa shape index (κ1) is 20.1. The molecule has 0 unspecified atom stereocenters. The van der Waals surface area contributed by atoms with Crippen molar-refractivity contribution in [3.8, 4) is 5.75 Å². The molecule has 150 valence electrons. The number of nitrogens with one attached hydrogen (secondary N) is 1. The van der Waals surface area contributed by atoms with Crippen molar-refractivity contribution in [3.05, 3.63) is 29.8 Å². The van der Waals surface area contributed by atoms with Crippen LogP contribution in [0.15, 0.2) is 24.3 Å². The lowest BCUT2D eigenvalue weighted by atomic mass is 10.2. The first-order valence-corrected chi connectivity index (χ1v) is 9.89. The Kier molecular flexibility index (Phi) is 7.89. The first-order valence-electron chi connectivity index (χ1n) is 9.89. The minimum absolute atomic E-state index is 0.267. The van der Waals surface area contributed by atoms with E-state index >= 15 is 0 Å². The van der Waals surface area contributed by atoms with E-state index in [2.05, 4.69) is 10.2 Å². The fourth-order valence-electron chi connectivity index (χ4n) is 3.46.